The fourth-order valence-corrected chi connectivity index (χ4v) is 11.8. The van der Waals surface area contributed by atoms with Gasteiger partial charge in [0.05, 0.1) is 10.8 Å². The highest BCUT2D eigenvalue weighted by atomic mass is 127. The Labute approximate surface area is 378 Å². The number of hydrogen-bond donors (Lipinski definition) is 0. The van der Waals surface area contributed by atoms with Gasteiger partial charge in [0.2, 0.25) is 0 Å². The molecule has 2 aliphatic carbocycles. The number of halogens is 2. The molecule has 0 saturated carbocycles. The lowest BCUT2D eigenvalue weighted by Gasteiger charge is -2.34. The minimum Gasteiger partial charge on any atom is -0.0622 e. The topological polar surface area (TPSA) is 0 Å². The normalized spacial score (nSPS) is 13.8. The monoisotopic (exact) mass is 988 g/mol. The van der Waals surface area contributed by atoms with Crippen molar-refractivity contribution in [3.8, 4) is 22.3 Å². The van der Waals surface area contributed by atoms with Crippen LogP contribution in [0.2, 0.25) is 0 Å². The first-order valence-electron chi connectivity index (χ1n) is 20.5. The van der Waals surface area contributed by atoms with Gasteiger partial charge in [0, 0.05) is 7.14 Å². The van der Waals surface area contributed by atoms with Crippen LogP contribution in [0.4, 0.5) is 0 Å². The van der Waals surface area contributed by atoms with Gasteiger partial charge in [-0.15, -0.1) is 0 Å². The van der Waals surface area contributed by atoms with Gasteiger partial charge in [-0.3, -0.25) is 0 Å². The van der Waals surface area contributed by atoms with Gasteiger partial charge in [-0.05, 0) is 152 Å². The molecule has 284 valence electrons. The van der Waals surface area contributed by atoms with E-state index in [0.717, 1.165) is 0 Å². The molecule has 0 saturated heterocycles. The van der Waals surface area contributed by atoms with Crippen LogP contribution in [-0.4, -0.2) is 0 Å². The minimum absolute atomic E-state index is 0.307. The minimum atomic E-state index is -0.335. The Kier molecular flexibility index (Phi) is 9.31. The summed E-state index contributed by atoms with van der Waals surface area (Å²) in [4.78, 5) is 0. The van der Waals surface area contributed by atoms with E-state index in [1.165, 1.54) is 95.4 Å². The summed E-state index contributed by atoms with van der Waals surface area (Å²) in [6.45, 7) is 0. The van der Waals surface area contributed by atoms with Crippen LogP contribution >= 0.6 is 45.2 Å². The van der Waals surface area contributed by atoms with Crippen LogP contribution in [0.3, 0.4) is 0 Å². The van der Waals surface area contributed by atoms with Crippen molar-refractivity contribution in [3.63, 3.8) is 0 Å². The van der Waals surface area contributed by atoms with Crippen molar-refractivity contribution in [2.45, 2.75) is 10.8 Å². The zero-order valence-corrected chi connectivity index (χ0v) is 37.0. The number of fused-ring (bicyclic) bond motifs is 10. The molecular formula is C58H38I2. The summed E-state index contributed by atoms with van der Waals surface area (Å²) in [5, 5.41) is 5.27. The molecule has 0 radical (unpaired) electrons. The third kappa shape index (κ3) is 5.53. The van der Waals surface area contributed by atoms with Crippen LogP contribution < -0.4 is 0 Å². The molecule has 0 fully saturated rings. The lowest BCUT2D eigenvalue weighted by molar-refractivity contribution is 0.768. The highest BCUT2D eigenvalue weighted by Gasteiger charge is 2.48. The lowest BCUT2D eigenvalue weighted by Crippen LogP contribution is -2.28. The smallest absolute Gasteiger partial charge is 0.0622 e. The molecule has 60 heavy (non-hydrogen) atoms. The molecule has 12 rings (SSSR count). The largest absolute Gasteiger partial charge is 0.0714 e. The van der Waals surface area contributed by atoms with E-state index in [0.29, 0.717) is 0 Å². The van der Waals surface area contributed by atoms with E-state index in [1.807, 2.05) is 0 Å². The maximum absolute atomic E-state index is 2.51. The molecule has 0 unspecified atom stereocenters. The van der Waals surface area contributed by atoms with Crippen LogP contribution in [0.1, 0.15) is 44.5 Å². The molecule has 0 bridgehead atoms. The summed E-state index contributed by atoms with van der Waals surface area (Å²) in [5.41, 5.74) is 15.5. The second kappa shape index (κ2) is 15.0. The predicted octanol–water partition coefficient (Wildman–Crippen LogP) is 15.6. The maximum atomic E-state index is 2.51. The Balaban J connectivity index is 0.000000136. The van der Waals surface area contributed by atoms with Crippen molar-refractivity contribution in [3.05, 3.63) is 282 Å². The summed E-state index contributed by atoms with van der Waals surface area (Å²) in [6, 6.07) is 84.4. The molecule has 0 aromatic heterocycles. The molecule has 0 amide bonds. The first-order valence-corrected chi connectivity index (χ1v) is 22.6. The van der Waals surface area contributed by atoms with E-state index in [1.54, 1.807) is 0 Å². The maximum Gasteiger partial charge on any atom is 0.0714 e. The SMILES string of the molecule is Ic1ccc2c(c1)C(c1ccccc1)(c1ccccc1)c1cc(I)c3ccccc3c1-2.c1ccc(C2(c3ccccc3)c3ccccc3-c3c2ccc2ccccc32)cc1. The molecule has 0 heterocycles. The second-order valence-electron chi connectivity index (χ2n) is 15.7. The van der Waals surface area contributed by atoms with Gasteiger partial charge in [-0.1, -0.05) is 212 Å². The Bertz CT molecular complexity index is 3130. The highest BCUT2D eigenvalue weighted by molar-refractivity contribution is 14.1. The quantitative estimate of drug-likeness (QED) is 0.154. The van der Waals surface area contributed by atoms with E-state index < -0.39 is 0 Å². The molecule has 0 spiro atoms. The van der Waals surface area contributed by atoms with Gasteiger partial charge in [0.1, 0.15) is 0 Å². The summed E-state index contributed by atoms with van der Waals surface area (Å²) >= 11 is 4.96. The van der Waals surface area contributed by atoms with Crippen molar-refractivity contribution in [2.75, 3.05) is 0 Å². The van der Waals surface area contributed by atoms with Gasteiger partial charge < -0.3 is 0 Å². The van der Waals surface area contributed by atoms with Crippen LogP contribution in [0.15, 0.2) is 231 Å². The fourth-order valence-electron chi connectivity index (χ4n) is 10.5. The standard InChI is InChI=1S/C29H18I2.C29H20/c30-21-15-16-24-25(17-21)29(19-9-3-1-4-10-19,20-11-5-2-6-12-20)26-18-27(31)22-13-7-8-14-23(22)28(24)26;1-3-12-22(13-4-1)29(23-14-5-2-6-15-23)26-18-10-9-17-25(26)28-24-16-8-7-11-21(24)19-20-27(28)29/h1-18H;1-20H. The van der Waals surface area contributed by atoms with Gasteiger partial charge in [-0.2, -0.15) is 0 Å². The summed E-state index contributed by atoms with van der Waals surface area (Å²) in [7, 11) is 0. The molecule has 2 aliphatic rings. The average molecular weight is 989 g/mol. The highest BCUT2D eigenvalue weighted by Crippen LogP contribution is 2.59. The summed E-state index contributed by atoms with van der Waals surface area (Å²) < 4.78 is 2.56. The third-order valence-corrected chi connectivity index (χ3v) is 14.4. The van der Waals surface area contributed by atoms with E-state index in [-0.39, 0.29) is 10.8 Å². The van der Waals surface area contributed by atoms with Crippen molar-refractivity contribution >= 4 is 66.7 Å². The average Bonchev–Trinajstić information content (AvgIpc) is 3.79. The van der Waals surface area contributed by atoms with E-state index in [4.69, 9.17) is 0 Å². The molecule has 0 N–H and O–H groups in total. The second-order valence-corrected chi connectivity index (χ2v) is 18.1. The van der Waals surface area contributed by atoms with Crippen LogP contribution in [0.5, 0.6) is 0 Å². The van der Waals surface area contributed by atoms with E-state index in [9.17, 15) is 0 Å². The van der Waals surface area contributed by atoms with Crippen LogP contribution in [-0.2, 0) is 10.8 Å². The lowest BCUT2D eigenvalue weighted by atomic mass is 9.67. The summed E-state index contributed by atoms with van der Waals surface area (Å²) in [5.74, 6) is 0. The van der Waals surface area contributed by atoms with Crippen molar-refractivity contribution < 1.29 is 0 Å². The Hall–Kier alpha value is -5.82. The molecule has 10 aromatic rings. The van der Waals surface area contributed by atoms with Gasteiger partial charge in [-0.25, -0.2) is 0 Å². The van der Waals surface area contributed by atoms with Crippen molar-refractivity contribution in [2.24, 2.45) is 0 Å². The Morgan fingerprint density at radius 3 is 1.33 bits per heavy atom. The van der Waals surface area contributed by atoms with Gasteiger partial charge in [0.15, 0.2) is 0 Å². The summed E-state index contributed by atoms with van der Waals surface area (Å²) in [6.07, 6.45) is 0. The van der Waals surface area contributed by atoms with Crippen LogP contribution in [0.25, 0.3) is 43.8 Å². The van der Waals surface area contributed by atoms with E-state index >= 15 is 0 Å². The number of rotatable bonds is 4. The van der Waals surface area contributed by atoms with Gasteiger partial charge in [0.25, 0.3) is 0 Å². The first-order chi connectivity index (χ1) is 29.6. The fraction of sp³-hybridized carbons (Fsp3) is 0.0345. The molecule has 2 heteroatoms. The predicted molar refractivity (Wildman–Crippen MR) is 268 cm³/mol. The molecule has 0 nitrogen and oxygen atoms in total. The Morgan fingerprint density at radius 1 is 0.283 bits per heavy atom. The zero-order valence-electron chi connectivity index (χ0n) is 32.7. The zero-order chi connectivity index (χ0) is 40.3. The van der Waals surface area contributed by atoms with Gasteiger partial charge >= 0.3 is 0 Å². The molecular weight excluding hydrogens is 950 g/mol. The molecule has 0 aliphatic heterocycles. The van der Waals surface area contributed by atoms with E-state index in [2.05, 4.69) is 276 Å². The first kappa shape index (κ1) is 37.2. The number of hydrogen-bond acceptors (Lipinski definition) is 0. The molecule has 10 aromatic carbocycles. The molecule has 0 atom stereocenters. The van der Waals surface area contributed by atoms with Crippen molar-refractivity contribution in [1.29, 1.82) is 0 Å². The van der Waals surface area contributed by atoms with Crippen molar-refractivity contribution in [1.82, 2.24) is 0 Å². The Morgan fingerprint density at radius 2 is 0.733 bits per heavy atom. The van der Waals surface area contributed by atoms with Crippen LogP contribution in [0, 0.1) is 7.14 Å². The third-order valence-electron chi connectivity index (χ3n) is 12.8. The number of benzene rings is 10.